The van der Waals surface area contributed by atoms with Gasteiger partial charge < -0.3 is 10.4 Å². The van der Waals surface area contributed by atoms with Crippen molar-refractivity contribution in [1.29, 1.82) is 0 Å². The van der Waals surface area contributed by atoms with Crippen LogP contribution in [-0.2, 0) is 0 Å². The van der Waals surface area contributed by atoms with Crippen LogP contribution < -0.4 is 5.32 Å². The topological polar surface area (TPSA) is 92.5 Å². The Hall–Kier alpha value is -2.18. The summed E-state index contributed by atoms with van der Waals surface area (Å²) in [7, 11) is 0. The number of halogens is 1. The molecule has 0 unspecified atom stereocenters. The molecule has 0 saturated carbocycles. The van der Waals surface area contributed by atoms with Crippen LogP contribution in [0.25, 0.3) is 0 Å². The largest absolute Gasteiger partial charge is 0.478 e. The van der Waals surface area contributed by atoms with Gasteiger partial charge in [-0.05, 0) is 6.42 Å². The number of nitro groups is 1. The summed E-state index contributed by atoms with van der Waals surface area (Å²) in [6, 6.07) is 1.55. The average Bonchev–Trinajstić information content (AvgIpc) is 2.25. The molecule has 0 aliphatic carbocycles. The van der Waals surface area contributed by atoms with Gasteiger partial charge in [0.2, 0.25) is 0 Å². The van der Waals surface area contributed by atoms with Gasteiger partial charge >= 0.3 is 5.97 Å². The van der Waals surface area contributed by atoms with E-state index >= 15 is 0 Å². The Kier molecular flexibility index (Phi) is 3.97. The fourth-order valence-electron chi connectivity index (χ4n) is 1.28. The molecule has 1 aromatic rings. The number of carbonyl (C=O) groups is 1. The summed E-state index contributed by atoms with van der Waals surface area (Å²) in [5, 5.41) is 22.1. The van der Waals surface area contributed by atoms with Gasteiger partial charge in [-0.2, -0.15) is 0 Å². The molecule has 0 heterocycles. The molecule has 0 amide bonds. The third-order valence-electron chi connectivity index (χ3n) is 2.08. The molecular formula is C10H11FN2O4. The Balaban J connectivity index is 3.25. The van der Waals surface area contributed by atoms with Crippen molar-refractivity contribution in [2.24, 2.45) is 0 Å². The summed E-state index contributed by atoms with van der Waals surface area (Å²) in [5.74, 6) is -2.53. The van der Waals surface area contributed by atoms with Gasteiger partial charge in [-0.15, -0.1) is 0 Å². The summed E-state index contributed by atoms with van der Waals surface area (Å²) < 4.78 is 13.3. The smallest absolute Gasteiger partial charge is 0.338 e. The molecule has 6 nitrogen and oxygen atoms in total. The standard InChI is InChI=1S/C10H11FN2O4/c1-2-3-12-8-5-7(11)6(10(14)15)4-9(8)13(16)17/h4-5,12H,2-3H2,1H3,(H,14,15). The maximum atomic E-state index is 13.3. The Morgan fingerprint density at radius 2 is 2.24 bits per heavy atom. The van der Waals surface area contributed by atoms with Gasteiger partial charge in [0, 0.05) is 18.7 Å². The summed E-state index contributed by atoms with van der Waals surface area (Å²) in [6.07, 6.45) is 0.708. The summed E-state index contributed by atoms with van der Waals surface area (Å²) in [4.78, 5) is 20.6. The van der Waals surface area contributed by atoms with Crippen molar-refractivity contribution in [2.75, 3.05) is 11.9 Å². The highest BCUT2D eigenvalue weighted by molar-refractivity contribution is 5.90. The molecule has 0 atom stereocenters. The molecule has 0 aliphatic rings. The molecule has 0 aromatic heterocycles. The lowest BCUT2D eigenvalue weighted by atomic mass is 10.1. The number of carboxylic acids is 1. The van der Waals surface area contributed by atoms with Crippen LogP contribution in [0.2, 0.25) is 0 Å². The number of rotatable bonds is 5. The van der Waals surface area contributed by atoms with E-state index in [9.17, 15) is 19.3 Å². The van der Waals surface area contributed by atoms with Crippen LogP contribution >= 0.6 is 0 Å². The minimum absolute atomic E-state index is 0.0145. The van der Waals surface area contributed by atoms with E-state index in [2.05, 4.69) is 5.32 Å². The highest BCUT2D eigenvalue weighted by Gasteiger charge is 2.21. The van der Waals surface area contributed by atoms with Gasteiger partial charge in [0.05, 0.1) is 4.92 Å². The molecule has 2 N–H and O–H groups in total. The molecule has 92 valence electrons. The van der Waals surface area contributed by atoms with Crippen LogP contribution in [0.15, 0.2) is 12.1 Å². The monoisotopic (exact) mass is 242 g/mol. The van der Waals surface area contributed by atoms with E-state index in [0.717, 1.165) is 12.1 Å². The Morgan fingerprint density at radius 3 is 2.71 bits per heavy atom. The van der Waals surface area contributed by atoms with Gasteiger partial charge in [-0.3, -0.25) is 10.1 Å². The molecule has 0 fully saturated rings. The van der Waals surface area contributed by atoms with E-state index in [4.69, 9.17) is 5.11 Å². The maximum Gasteiger partial charge on any atom is 0.338 e. The molecule has 0 spiro atoms. The van der Waals surface area contributed by atoms with Gasteiger partial charge in [-0.25, -0.2) is 9.18 Å². The van der Waals surface area contributed by atoms with Crippen molar-refractivity contribution in [3.8, 4) is 0 Å². The third kappa shape index (κ3) is 2.90. The second-order valence-corrected chi connectivity index (χ2v) is 3.34. The first-order valence-electron chi connectivity index (χ1n) is 4.92. The van der Waals surface area contributed by atoms with Crippen LogP contribution in [0.1, 0.15) is 23.7 Å². The third-order valence-corrected chi connectivity index (χ3v) is 2.08. The highest BCUT2D eigenvalue weighted by atomic mass is 19.1. The Bertz CT molecular complexity index is 462. The lowest BCUT2D eigenvalue weighted by Crippen LogP contribution is -2.07. The number of nitrogens with one attached hydrogen (secondary N) is 1. The number of hydrogen-bond donors (Lipinski definition) is 2. The van der Waals surface area contributed by atoms with Crippen molar-refractivity contribution < 1.29 is 19.2 Å². The van der Waals surface area contributed by atoms with E-state index in [1.165, 1.54) is 0 Å². The zero-order valence-corrected chi connectivity index (χ0v) is 9.07. The summed E-state index contributed by atoms with van der Waals surface area (Å²) in [5.41, 5.74) is -1.17. The molecule has 17 heavy (non-hydrogen) atoms. The van der Waals surface area contributed by atoms with Gasteiger partial charge in [-0.1, -0.05) is 6.92 Å². The zero-order valence-electron chi connectivity index (χ0n) is 9.07. The van der Waals surface area contributed by atoms with Gasteiger partial charge in [0.15, 0.2) is 0 Å². The molecule has 0 radical (unpaired) electrons. The normalized spacial score (nSPS) is 10.0. The van der Waals surface area contributed by atoms with E-state index < -0.39 is 28.0 Å². The average molecular weight is 242 g/mol. The quantitative estimate of drug-likeness (QED) is 0.610. The van der Waals surface area contributed by atoms with E-state index in [-0.39, 0.29) is 5.69 Å². The molecule has 0 saturated heterocycles. The fourth-order valence-corrected chi connectivity index (χ4v) is 1.28. The number of nitrogens with zero attached hydrogens (tertiary/aromatic N) is 1. The molecule has 0 bridgehead atoms. The predicted octanol–water partition coefficient (Wildman–Crippen LogP) is 2.25. The number of aromatic carboxylic acids is 1. The van der Waals surface area contributed by atoms with Crippen LogP contribution in [-0.4, -0.2) is 22.5 Å². The molecule has 7 heteroatoms. The van der Waals surface area contributed by atoms with Crippen molar-refractivity contribution in [3.63, 3.8) is 0 Å². The van der Waals surface area contributed by atoms with Crippen LogP contribution in [0.4, 0.5) is 15.8 Å². The first-order chi connectivity index (χ1) is 7.97. The molecule has 1 rings (SSSR count). The zero-order chi connectivity index (χ0) is 13.0. The van der Waals surface area contributed by atoms with Crippen LogP contribution in [0.3, 0.4) is 0 Å². The van der Waals surface area contributed by atoms with Crippen LogP contribution in [0.5, 0.6) is 0 Å². The predicted molar refractivity (Wildman–Crippen MR) is 58.8 cm³/mol. The molecule has 1 aromatic carbocycles. The Labute approximate surface area is 96.2 Å². The summed E-state index contributed by atoms with van der Waals surface area (Å²) in [6.45, 7) is 2.29. The number of anilines is 1. The maximum absolute atomic E-state index is 13.3. The minimum atomic E-state index is -1.53. The second-order valence-electron chi connectivity index (χ2n) is 3.34. The lowest BCUT2D eigenvalue weighted by Gasteiger charge is -2.07. The highest BCUT2D eigenvalue weighted by Crippen LogP contribution is 2.27. The van der Waals surface area contributed by atoms with Crippen molar-refractivity contribution in [3.05, 3.63) is 33.6 Å². The molecular weight excluding hydrogens is 231 g/mol. The van der Waals surface area contributed by atoms with Gasteiger partial charge in [0.1, 0.15) is 17.1 Å². The number of carboxylic acid groups (broad SMARTS) is 1. The second kappa shape index (κ2) is 5.24. The van der Waals surface area contributed by atoms with Gasteiger partial charge in [0.25, 0.3) is 5.69 Å². The SMILES string of the molecule is CCCNc1cc(F)c(C(=O)O)cc1[N+](=O)[O-]. The number of nitro benzene ring substituents is 1. The lowest BCUT2D eigenvalue weighted by molar-refractivity contribution is -0.384. The van der Waals surface area contributed by atoms with Crippen molar-refractivity contribution in [2.45, 2.75) is 13.3 Å². The van der Waals surface area contributed by atoms with Crippen LogP contribution in [0, 0.1) is 15.9 Å². The number of benzene rings is 1. The van der Waals surface area contributed by atoms with E-state index in [1.807, 2.05) is 6.92 Å². The van der Waals surface area contributed by atoms with E-state index in [0.29, 0.717) is 13.0 Å². The first kappa shape index (κ1) is 12.9. The van der Waals surface area contributed by atoms with E-state index in [1.54, 1.807) is 0 Å². The summed E-state index contributed by atoms with van der Waals surface area (Å²) >= 11 is 0. The fraction of sp³-hybridized carbons (Fsp3) is 0.300. The first-order valence-corrected chi connectivity index (χ1v) is 4.92. The Morgan fingerprint density at radius 1 is 1.59 bits per heavy atom. The minimum Gasteiger partial charge on any atom is -0.478 e. The van der Waals surface area contributed by atoms with Crippen molar-refractivity contribution in [1.82, 2.24) is 0 Å². The van der Waals surface area contributed by atoms with Crippen molar-refractivity contribution >= 4 is 17.3 Å². The molecule has 0 aliphatic heterocycles. The number of hydrogen-bond acceptors (Lipinski definition) is 4.